The number of benzene rings is 2. The van der Waals surface area contributed by atoms with Crippen LogP contribution in [-0.2, 0) is 11.3 Å². The molecular weight excluding hydrogens is 421 g/mol. The van der Waals surface area contributed by atoms with Crippen molar-refractivity contribution in [1.29, 1.82) is 0 Å². The summed E-state index contributed by atoms with van der Waals surface area (Å²) in [7, 11) is 0. The number of halogens is 2. The number of nitrogens with zero attached hydrogens (tertiary/aromatic N) is 1. The van der Waals surface area contributed by atoms with E-state index in [1.807, 2.05) is 64.1 Å². The van der Waals surface area contributed by atoms with Crippen molar-refractivity contribution in [3.05, 3.63) is 70.2 Å². The first-order valence-corrected chi connectivity index (χ1v) is 10.7. The molecule has 0 unspecified atom stereocenters. The lowest BCUT2D eigenvalue weighted by Crippen LogP contribution is -2.19. The molecule has 6 heteroatoms. The monoisotopic (exact) mass is 449 g/mol. The molecule has 30 heavy (non-hydrogen) atoms. The summed E-state index contributed by atoms with van der Waals surface area (Å²) in [5, 5.41) is 4.20. The van der Waals surface area contributed by atoms with Crippen molar-refractivity contribution in [2.24, 2.45) is 5.16 Å². The number of oxime groups is 1. The smallest absolute Gasteiger partial charge is 0.130 e. The molecule has 2 aromatic rings. The summed E-state index contributed by atoms with van der Waals surface area (Å²) in [5.41, 5.74) is 2.97. The van der Waals surface area contributed by atoms with Crippen LogP contribution in [0.3, 0.4) is 0 Å². The zero-order valence-electron chi connectivity index (χ0n) is 18.0. The molecule has 0 heterocycles. The standard InChI is InChI=1S/C24H29Cl2NO3/c1-5-20(27-30-24(2,3)4)17-29-22-12-8-19(9-13-22)16-18-6-10-21(11-7-18)28-15-14-23(25)26/h6-14H,5,15-17H2,1-4H3. The minimum Gasteiger partial charge on any atom is -0.489 e. The summed E-state index contributed by atoms with van der Waals surface area (Å²) in [4.78, 5) is 5.48. The lowest BCUT2D eigenvalue weighted by Gasteiger charge is -2.17. The van der Waals surface area contributed by atoms with Gasteiger partial charge in [-0.1, -0.05) is 59.5 Å². The van der Waals surface area contributed by atoms with Gasteiger partial charge in [-0.2, -0.15) is 0 Å². The molecule has 0 N–H and O–H groups in total. The van der Waals surface area contributed by atoms with Gasteiger partial charge in [0.2, 0.25) is 0 Å². The quantitative estimate of drug-likeness (QED) is 0.291. The summed E-state index contributed by atoms with van der Waals surface area (Å²) in [5.74, 6) is 1.59. The van der Waals surface area contributed by atoms with E-state index < -0.39 is 0 Å². The number of hydrogen-bond donors (Lipinski definition) is 0. The summed E-state index contributed by atoms with van der Waals surface area (Å²) in [6.45, 7) is 8.71. The van der Waals surface area contributed by atoms with Crippen LogP contribution in [0.1, 0.15) is 45.2 Å². The first-order valence-electron chi connectivity index (χ1n) is 9.93. The van der Waals surface area contributed by atoms with Crippen molar-refractivity contribution in [3.63, 3.8) is 0 Å². The minimum atomic E-state index is -0.304. The van der Waals surface area contributed by atoms with Crippen LogP contribution in [0.15, 0.2) is 64.3 Å². The fraction of sp³-hybridized carbons (Fsp3) is 0.375. The third-order valence-electron chi connectivity index (χ3n) is 4.00. The zero-order valence-corrected chi connectivity index (χ0v) is 19.5. The van der Waals surface area contributed by atoms with Gasteiger partial charge in [0.05, 0.1) is 5.71 Å². The molecule has 2 rings (SSSR count). The van der Waals surface area contributed by atoms with Crippen LogP contribution >= 0.6 is 23.2 Å². The maximum absolute atomic E-state index is 5.85. The van der Waals surface area contributed by atoms with Crippen LogP contribution in [-0.4, -0.2) is 24.5 Å². The first-order chi connectivity index (χ1) is 14.2. The molecule has 0 amide bonds. The van der Waals surface area contributed by atoms with Crippen molar-refractivity contribution in [2.75, 3.05) is 13.2 Å². The third-order valence-corrected chi connectivity index (χ3v) is 4.31. The summed E-state index contributed by atoms with van der Waals surface area (Å²) in [6.07, 6.45) is 3.21. The predicted molar refractivity (Wildman–Crippen MR) is 125 cm³/mol. The average molecular weight is 450 g/mol. The van der Waals surface area contributed by atoms with E-state index in [1.54, 1.807) is 6.08 Å². The topological polar surface area (TPSA) is 40.0 Å². The molecule has 0 atom stereocenters. The van der Waals surface area contributed by atoms with E-state index in [0.29, 0.717) is 13.2 Å². The highest BCUT2D eigenvalue weighted by atomic mass is 35.5. The molecule has 0 aliphatic carbocycles. The Hall–Kier alpha value is -2.17. The minimum absolute atomic E-state index is 0.204. The van der Waals surface area contributed by atoms with Crippen LogP contribution < -0.4 is 9.47 Å². The van der Waals surface area contributed by atoms with Gasteiger partial charge in [-0.15, -0.1) is 0 Å². The Kier molecular flexibility index (Phi) is 9.54. The van der Waals surface area contributed by atoms with Crippen molar-refractivity contribution in [3.8, 4) is 11.5 Å². The maximum atomic E-state index is 5.85. The second-order valence-corrected chi connectivity index (χ2v) is 8.78. The van der Waals surface area contributed by atoms with E-state index >= 15 is 0 Å². The fourth-order valence-electron chi connectivity index (χ4n) is 2.40. The van der Waals surface area contributed by atoms with Gasteiger partial charge in [0.25, 0.3) is 0 Å². The van der Waals surface area contributed by atoms with Gasteiger partial charge in [-0.25, -0.2) is 0 Å². The van der Waals surface area contributed by atoms with Crippen molar-refractivity contribution >= 4 is 28.9 Å². The van der Waals surface area contributed by atoms with E-state index in [9.17, 15) is 0 Å². The second kappa shape index (κ2) is 11.9. The zero-order chi connectivity index (χ0) is 22.0. The van der Waals surface area contributed by atoms with Gasteiger partial charge in [0.1, 0.15) is 34.8 Å². The first kappa shape index (κ1) is 24.1. The largest absolute Gasteiger partial charge is 0.489 e. The Bertz CT molecular complexity index is 834. The van der Waals surface area contributed by atoms with Gasteiger partial charge in [0, 0.05) is 0 Å². The van der Waals surface area contributed by atoms with Gasteiger partial charge < -0.3 is 14.3 Å². The molecule has 0 aromatic heterocycles. The Morgan fingerprint density at radius 1 is 0.900 bits per heavy atom. The summed E-state index contributed by atoms with van der Waals surface area (Å²) in [6, 6.07) is 16.1. The van der Waals surface area contributed by atoms with Gasteiger partial charge in [-0.05, 0) is 75.1 Å². The van der Waals surface area contributed by atoms with Crippen LogP contribution in [0.2, 0.25) is 0 Å². The molecule has 0 aliphatic heterocycles. The lowest BCUT2D eigenvalue weighted by molar-refractivity contribution is -0.000142. The average Bonchev–Trinajstić information content (AvgIpc) is 2.69. The predicted octanol–water partition coefficient (Wildman–Crippen LogP) is 6.94. The molecule has 0 saturated carbocycles. The van der Waals surface area contributed by atoms with Gasteiger partial charge in [-0.3, -0.25) is 0 Å². The molecule has 0 saturated heterocycles. The lowest BCUT2D eigenvalue weighted by atomic mass is 10.0. The van der Waals surface area contributed by atoms with Crippen molar-refractivity contribution in [1.82, 2.24) is 0 Å². The highest BCUT2D eigenvalue weighted by molar-refractivity contribution is 6.55. The van der Waals surface area contributed by atoms with Crippen LogP contribution in [0, 0.1) is 0 Å². The Morgan fingerprint density at radius 2 is 1.43 bits per heavy atom. The maximum Gasteiger partial charge on any atom is 0.130 e. The normalized spacial score (nSPS) is 11.7. The summed E-state index contributed by atoms with van der Waals surface area (Å²) >= 11 is 11.1. The number of ether oxygens (including phenoxy) is 2. The summed E-state index contributed by atoms with van der Waals surface area (Å²) < 4.78 is 11.6. The SMILES string of the molecule is CCC(COc1ccc(Cc2ccc(OCC=C(Cl)Cl)cc2)cc1)=NOC(C)(C)C. The second-order valence-electron chi connectivity index (χ2n) is 7.77. The molecule has 0 radical (unpaired) electrons. The van der Waals surface area contributed by atoms with E-state index in [4.69, 9.17) is 37.5 Å². The van der Waals surface area contributed by atoms with Crippen LogP contribution in [0.5, 0.6) is 11.5 Å². The molecule has 0 fully saturated rings. The van der Waals surface area contributed by atoms with E-state index in [1.165, 1.54) is 11.1 Å². The van der Waals surface area contributed by atoms with Crippen LogP contribution in [0.25, 0.3) is 0 Å². The molecule has 0 bridgehead atoms. The van der Waals surface area contributed by atoms with E-state index in [-0.39, 0.29) is 10.1 Å². The Balaban J connectivity index is 1.86. The van der Waals surface area contributed by atoms with Gasteiger partial charge in [0.15, 0.2) is 0 Å². The van der Waals surface area contributed by atoms with Gasteiger partial charge >= 0.3 is 0 Å². The Morgan fingerprint density at radius 3 is 1.90 bits per heavy atom. The Labute approximate surface area is 189 Å². The van der Waals surface area contributed by atoms with E-state index in [2.05, 4.69) is 17.3 Å². The third kappa shape index (κ3) is 9.55. The number of rotatable bonds is 10. The molecule has 162 valence electrons. The van der Waals surface area contributed by atoms with Crippen LogP contribution in [0.4, 0.5) is 0 Å². The van der Waals surface area contributed by atoms with Crippen molar-refractivity contribution < 1.29 is 14.3 Å². The highest BCUT2D eigenvalue weighted by Crippen LogP contribution is 2.18. The molecule has 0 aliphatic rings. The molecule has 4 nitrogen and oxygen atoms in total. The van der Waals surface area contributed by atoms with E-state index in [0.717, 1.165) is 30.1 Å². The highest BCUT2D eigenvalue weighted by Gasteiger charge is 2.11. The molecule has 2 aromatic carbocycles. The van der Waals surface area contributed by atoms with Crippen molar-refractivity contribution in [2.45, 2.75) is 46.1 Å². The molecular formula is C24H29Cl2NO3. The molecule has 0 spiro atoms. The number of hydrogen-bond acceptors (Lipinski definition) is 4. The fourth-order valence-corrected chi connectivity index (χ4v) is 2.53.